The van der Waals surface area contributed by atoms with Gasteiger partial charge in [-0.05, 0) is 24.6 Å². The zero-order valence-electron chi connectivity index (χ0n) is 11.8. The summed E-state index contributed by atoms with van der Waals surface area (Å²) in [6, 6.07) is 1.76. The molecule has 112 valence electrons. The average molecular weight is 295 g/mol. The second-order valence-corrected chi connectivity index (χ2v) is 5.19. The molecule has 0 amide bonds. The lowest BCUT2D eigenvalue weighted by molar-refractivity contribution is 0.447. The minimum Gasteiger partial charge on any atom is -0.312 e. The zero-order valence-corrected chi connectivity index (χ0v) is 11.8. The van der Waals surface area contributed by atoms with E-state index in [-0.39, 0.29) is 11.4 Å². The van der Waals surface area contributed by atoms with Crippen molar-refractivity contribution in [1.29, 1.82) is 0 Å². The summed E-state index contributed by atoms with van der Waals surface area (Å²) in [5.74, 6) is -3.31. The molecule has 21 heavy (non-hydrogen) atoms. The van der Waals surface area contributed by atoms with Crippen molar-refractivity contribution in [3.63, 3.8) is 0 Å². The molecule has 2 aromatic rings. The highest BCUT2D eigenvalue weighted by atomic mass is 19.2. The molecule has 0 atom stereocenters. The standard InChI is InChI=1S/C15H16F3N3/c1-9(2)5-19-6-10-7-20-15(21-8-10)11-3-12(16)14(18)13(17)4-11/h3-4,7-9,19H,5-6H2,1-2H3. The maximum atomic E-state index is 13.2. The largest absolute Gasteiger partial charge is 0.312 e. The summed E-state index contributed by atoms with van der Waals surface area (Å²) in [6.07, 6.45) is 3.16. The Morgan fingerprint density at radius 2 is 1.62 bits per heavy atom. The van der Waals surface area contributed by atoms with E-state index in [0.29, 0.717) is 12.5 Å². The number of benzene rings is 1. The fourth-order valence-electron chi connectivity index (χ4n) is 1.78. The fraction of sp³-hybridized carbons (Fsp3) is 0.333. The smallest absolute Gasteiger partial charge is 0.194 e. The van der Waals surface area contributed by atoms with Crippen molar-refractivity contribution in [3.8, 4) is 11.4 Å². The minimum atomic E-state index is -1.49. The molecule has 1 aromatic heterocycles. The minimum absolute atomic E-state index is 0.105. The summed E-state index contributed by atoms with van der Waals surface area (Å²) in [4.78, 5) is 8.10. The van der Waals surface area contributed by atoms with Gasteiger partial charge < -0.3 is 5.32 Å². The van der Waals surface area contributed by atoms with Crippen molar-refractivity contribution >= 4 is 0 Å². The maximum Gasteiger partial charge on any atom is 0.194 e. The highest BCUT2D eigenvalue weighted by Crippen LogP contribution is 2.20. The van der Waals surface area contributed by atoms with E-state index in [1.807, 2.05) is 0 Å². The van der Waals surface area contributed by atoms with E-state index in [0.717, 1.165) is 24.2 Å². The number of rotatable bonds is 5. The Hall–Kier alpha value is -1.95. The first-order chi connectivity index (χ1) is 9.97. The van der Waals surface area contributed by atoms with Crippen LogP contribution in [0.5, 0.6) is 0 Å². The Bertz CT molecular complexity index is 589. The number of hydrogen-bond donors (Lipinski definition) is 1. The molecule has 0 bridgehead atoms. The summed E-state index contributed by atoms with van der Waals surface area (Å²) >= 11 is 0. The highest BCUT2D eigenvalue weighted by molar-refractivity contribution is 5.54. The molecule has 1 aromatic carbocycles. The summed E-state index contributed by atoms with van der Waals surface area (Å²) < 4.78 is 39.2. The second-order valence-electron chi connectivity index (χ2n) is 5.19. The first kappa shape index (κ1) is 15.4. The van der Waals surface area contributed by atoms with Gasteiger partial charge in [0.15, 0.2) is 23.3 Å². The van der Waals surface area contributed by atoms with Crippen LogP contribution in [0.3, 0.4) is 0 Å². The van der Waals surface area contributed by atoms with Crippen LogP contribution in [0.4, 0.5) is 13.2 Å². The zero-order chi connectivity index (χ0) is 15.4. The van der Waals surface area contributed by atoms with Gasteiger partial charge in [-0.3, -0.25) is 0 Å². The van der Waals surface area contributed by atoms with Crippen LogP contribution in [0.2, 0.25) is 0 Å². The van der Waals surface area contributed by atoms with Crippen molar-refractivity contribution in [2.24, 2.45) is 5.92 Å². The molecule has 0 radical (unpaired) electrons. The molecule has 0 spiro atoms. The number of halogens is 3. The lowest BCUT2D eigenvalue weighted by Gasteiger charge is -2.07. The van der Waals surface area contributed by atoms with Crippen LogP contribution in [0, 0.1) is 23.4 Å². The molecule has 0 fully saturated rings. The Kier molecular flexibility index (Phi) is 4.90. The summed E-state index contributed by atoms with van der Waals surface area (Å²) in [7, 11) is 0. The lowest BCUT2D eigenvalue weighted by atomic mass is 10.2. The van der Waals surface area contributed by atoms with Crippen LogP contribution in [-0.4, -0.2) is 16.5 Å². The molecule has 1 heterocycles. The molecule has 0 aliphatic carbocycles. The van der Waals surface area contributed by atoms with Gasteiger partial charge in [0.2, 0.25) is 0 Å². The third-order valence-corrected chi connectivity index (χ3v) is 2.83. The van der Waals surface area contributed by atoms with Gasteiger partial charge in [-0.15, -0.1) is 0 Å². The topological polar surface area (TPSA) is 37.8 Å². The van der Waals surface area contributed by atoms with E-state index in [4.69, 9.17) is 0 Å². The van der Waals surface area contributed by atoms with E-state index >= 15 is 0 Å². The Balaban J connectivity index is 2.12. The normalized spacial score (nSPS) is 11.1. The Morgan fingerprint density at radius 3 is 2.14 bits per heavy atom. The lowest BCUT2D eigenvalue weighted by Crippen LogP contribution is -2.19. The number of hydrogen-bond acceptors (Lipinski definition) is 3. The highest BCUT2D eigenvalue weighted by Gasteiger charge is 2.13. The van der Waals surface area contributed by atoms with Gasteiger partial charge in [0, 0.05) is 30.1 Å². The monoisotopic (exact) mass is 295 g/mol. The summed E-state index contributed by atoms with van der Waals surface area (Å²) in [6.45, 7) is 5.69. The van der Waals surface area contributed by atoms with E-state index in [1.165, 1.54) is 0 Å². The van der Waals surface area contributed by atoms with Crippen LogP contribution in [-0.2, 0) is 6.54 Å². The molecule has 0 aliphatic rings. The van der Waals surface area contributed by atoms with Crippen LogP contribution < -0.4 is 5.32 Å². The van der Waals surface area contributed by atoms with Crippen molar-refractivity contribution in [2.75, 3.05) is 6.54 Å². The van der Waals surface area contributed by atoms with Crippen molar-refractivity contribution in [2.45, 2.75) is 20.4 Å². The summed E-state index contributed by atoms with van der Waals surface area (Å²) in [5.41, 5.74) is 0.968. The van der Waals surface area contributed by atoms with E-state index < -0.39 is 17.5 Å². The molecule has 0 saturated carbocycles. The first-order valence-electron chi connectivity index (χ1n) is 6.64. The molecule has 0 aliphatic heterocycles. The van der Waals surface area contributed by atoms with Gasteiger partial charge >= 0.3 is 0 Å². The van der Waals surface area contributed by atoms with Crippen molar-refractivity contribution in [3.05, 3.63) is 47.5 Å². The van der Waals surface area contributed by atoms with Gasteiger partial charge in [0.25, 0.3) is 0 Å². The first-order valence-corrected chi connectivity index (χ1v) is 6.64. The molecule has 1 N–H and O–H groups in total. The fourth-order valence-corrected chi connectivity index (χ4v) is 1.78. The number of aromatic nitrogens is 2. The van der Waals surface area contributed by atoms with Gasteiger partial charge in [0.05, 0.1) is 0 Å². The summed E-state index contributed by atoms with van der Waals surface area (Å²) in [5, 5.41) is 3.24. The van der Waals surface area contributed by atoms with Gasteiger partial charge in [-0.2, -0.15) is 0 Å². The van der Waals surface area contributed by atoms with Crippen LogP contribution in [0.15, 0.2) is 24.5 Å². The average Bonchev–Trinajstić information content (AvgIpc) is 2.44. The third kappa shape index (κ3) is 4.01. The van der Waals surface area contributed by atoms with Gasteiger partial charge in [0.1, 0.15) is 0 Å². The van der Waals surface area contributed by atoms with Crippen molar-refractivity contribution in [1.82, 2.24) is 15.3 Å². The third-order valence-electron chi connectivity index (χ3n) is 2.83. The Labute approximate surface area is 121 Å². The number of nitrogens with one attached hydrogen (secondary N) is 1. The van der Waals surface area contributed by atoms with Crippen LogP contribution in [0.25, 0.3) is 11.4 Å². The predicted octanol–water partition coefficient (Wildman–Crippen LogP) is 3.31. The number of nitrogens with zero attached hydrogens (tertiary/aromatic N) is 2. The molecule has 0 saturated heterocycles. The Morgan fingerprint density at radius 1 is 1.05 bits per heavy atom. The second kappa shape index (κ2) is 6.67. The van der Waals surface area contributed by atoms with E-state index in [2.05, 4.69) is 29.1 Å². The SMILES string of the molecule is CC(C)CNCc1cnc(-c2cc(F)c(F)c(F)c2)nc1. The quantitative estimate of drug-likeness (QED) is 0.860. The van der Waals surface area contributed by atoms with Gasteiger partial charge in [-0.1, -0.05) is 13.8 Å². The molecule has 0 unspecified atom stereocenters. The van der Waals surface area contributed by atoms with Crippen molar-refractivity contribution < 1.29 is 13.2 Å². The van der Waals surface area contributed by atoms with Crippen LogP contribution in [0.1, 0.15) is 19.4 Å². The predicted molar refractivity (Wildman–Crippen MR) is 73.9 cm³/mol. The molecule has 6 heteroatoms. The van der Waals surface area contributed by atoms with E-state index in [1.54, 1.807) is 12.4 Å². The van der Waals surface area contributed by atoms with Crippen LogP contribution >= 0.6 is 0 Å². The molecular formula is C15H16F3N3. The maximum absolute atomic E-state index is 13.2. The molecule has 2 rings (SSSR count). The molecular weight excluding hydrogens is 279 g/mol. The molecule has 3 nitrogen and oxygen atoms in total. The van der Waals surface area contributed by atoms with E-state index in [9.17, 15) is 13.2 Å². The van der Waals surface area contributed by atoms with Gasteiger partial charge in [-0.25, -0.2) is 23.1 Å².